The molecule has 1 unspecified atom stereocenters. The number of aromatic nitrogens is 3. The number of pyridine rings is 1. The van der Waals surface area contributed by atoms with Crippen LogP contribution in [0.2, 0.25) is 0 Å². The second-order valence-electron chi connectivity index (χ2n) is 4.03. The van der Waals surface area contributed by atoms with Crippen LogP contribution in [0.1, 0.15) is 18.9 Å². The number of nitrogens with zero attached hydrogens (tertiary/aromatic N) is 3. The van der Waals surface area contributed by atoms with E-state index in [4.69, 9.17) is 5.73 Å². The van der Waals surface area contributed by atoms with Crippen molar-refractivity contribution in [2.24, 2.45) is 5.73 Å². The minimum Gasteiger partial charge on any atom is -0.327 e. The van der Waals surface area contributed by atoms with Crippen LogP contribution in [0.5, 0.6) is 0 Å². The minimum atomic E-state index is 0.183. The third-order valence-corrected chi connectivity index (χ3v) is 2.65. The van der Waals surface area contributed by atoms with Crippen molar-refractivity contribution in [1.29, 1.82) is 0 Å². The molecular formula is C13H16N4. The Morgan fingerprint density at radius 1 is 1.24 bits per heavy atom. The van der Waals surface area contributed by atoms with Gasteiger partial charge in [-0.25, -0.2) is 9.97 Å². The van der Waals surface area contributed by atoms with Crippen LogP contribution < -0.4 is 5.73 Å². The van der Waals surface area contributed by atoms with Crippen LogP contribution >= 0.6 is 0 Å². The lowest BCUT2D eigenvalue weighted by Crippen LogP contribution is -2.21. The van der Waals surface area contributed by atoms with E-state index in [-0.39, 0.29) is 6.04 Å². The van der Waals surface area contributed by atoms with Crippen LogP contribution in [0.15, 0.2) is 36.9 Å². The largest absolute Gasteiger partial charge is 0.327 e. The molecule has 0 amide bonds. The van der Waals surface area contributed by atoms with Gasteiger partial charge in [0.2, 0.25) is 0 Å². The Hall–Kier alpha value is -1.81. The average Bonchev–Trinajstić information content (AvgIpc) is 2.40. The van der Waals surface area contributed by atoms with Crippen molar-refractivity contribution in [1.82, 2.24) is 15.0 Å². The molecule has 4 nitrogen and oxygen atoms in total. The topological polar surface area (TPSA) is 64.7 Å². The second kappa shape index (κ2) is 5.50. The molecule has 0 spiro atoms. The van der Waals surface area contributed by atoms with Gasteiger partial charge in [-0.3, -0.25) is 4.98 Å². The van der Waals surface area contributed by atoms with Crippen LogP contribution in [-0.2, 0) is 6.42 Å². The van der Waals surface area contributed by atoms with E-state index in [0.29, 0.717) is 5.82 Å². The van der Waals surface area contributed by atoms with Gasteiger partial charge in [-0.1, -0.05) is 6.92 Å². The molecule has 0 saturated carbocycles. The summed E-state index contributed by atoms with van der Waals surface area (Å²) in [5.74, 6) is 0.701. The Kier molecular flexibility index (Phi) is 3.77. The Labute approximate surface area is 101 Å². The van der Waals surface area contributed by atoms with Crippen molar-refractivity contribution in [2.75, 3.05) is 0 Å². The van der Waals surface area contributed by atoms with E-state index in [2.05, 4.69) is 21.9 Å². The summed E-state index contributed by atoms with van der Waals surface area (Å²) < 4.78 is 0. The molecule has 0 aliphatic rings. The van der Waals surface area contributed by atoms with Crippen LogP contribution in [0.4, 0.5) is 0 Å². The molecular weight excluding hydrogens is 212 g/mol. The van der Waals surface area contributed by atoms with Gasteiger partial charge in [0.25, 0.3) is 0 Å². The van der Waals surface area contributed by atoms with Gasteiger partial charge in [0.05, 0.1) is 0 Å². The molecule has 0 aromatic carbocycles. The van der Waals surface area contributed by atoms with E-state index < -0.39 is 0 Å². The fourth-order valence-corrected chi connectivity index (χ4v) is 1.55. The Morgan fingerprint density at radius 2 is 2.00 bits per heavy atom. The molecule has 0 aliphatic carbocycles. The van der Waals surface area contributed by atoms with E-state index in [1.54, 1.807) is 12.4 Å². The van der Waals surface area contributed by atoms with Gasteiger partial charge < -0.3 is 5.73 Å². The van der Waals surface area contributed by atoms with Crippen molar-refractivity contribution in [3.8, 4) is 11.4 Å². The van der Waals surface area contributed by atoms with Crippen LogP contribution in [0.3, 0.4) is 0 Å². The van der Waals surface area contributed by atoms with Gasteiger partial charge >= 0.3 is 0 Å². The van der Waals surface area contributed by atoms with Gasteiger partial charge in [0, 0.05) is 36.4 Å². The molecule has 2 aromatic rings. The number of hydrogen-bond donors (Lipinski definition) is 1. The summed E-state index contributed by atoms with van der Waals surface area (Å²) >= 11 is 0. The normalized spacial score (nSPS) is 12.4. The molecule has 0 radical (unpaired) electrons. The van der Waals surface area contributed by atoms with E-state index in [1.807, 2.05) is 24.5 Å². The summed E-state index contributed by atoms with van der Waals surface area (Å²) in [7, 11) is 0. The first kappa shape index (κ1) is 11.7. The Balaban J connectivity index is 2.13. The summed E-state index contributed by atoms with van der Waals surface area (Å²) in [6, 6.07) is 4.00. The maximum absolute atomic E-state index is 5.89. The zero-order valence-corrected chi connectivity index (χ0v) is 9.87. The fourth-order valence-electron chi connectivity index (χ4n) is 1.55. The molecule has 0 saturated heterocycles. The van der Waals surface area contributed by atoms with Crippen molar-refractivity contribution in [3.05, 3.63) is 42.5 Å². The van der Waals surface area contributed by atoms with Crippen LogP contribution in [0.25, 0.3) is 11.4 Å². The lowest BCUT2D eigenvalue weighted by molar-refractivity contribution is 0.643. The van der Waals surface area contributed by atoms with Crippen molar-refractivity contribution in [3.63, 3.8) is 0 Å². The highest BCUT2D eigenvalue weighted by Crippen LogP contribution is 2.12. The smallest absolute Gasteiger partial charge is 0.160 e. The molecule has 0 bridgehead atoms. The van der Waals surface area contributed by atoms with Crippen LogP contribution in [-0.4, -0.2) is 21.0 Å². The van der Waals surface area contributed by atoms with Crippen molar-refractivity contribution in [2.45, 2.75) is 25.8 Å². The Bertz CT molecular complexity index is 453. The molecule has 4 heteroatoms. The quantitative estimate of drug-likeness (QED) is 0.866. The molecule has 0 fully saturated rings. The lowest BCUT2D eigenvalue weighted by atomic mass is 10.1. The molecule has 2 heterocycles. The highest BCUT2D eigenvalue weighted by atomic mass is 14.9. The summed E-state index contributed by atoms with van der Waals surface area (Å²) in [6.45, 7) is 2.08. The third-order valence-electron chi connectivity index (χ3n) is 2.65. The molecule has 88 valence electrons. The van der Waals surface area contributed by atoms with E-state index in [1.165, 1.54) is 0 Å². The first-order valence-electron chi connectivity index (χ1n) is 5.76. The van der Waals surface area contributed by atoms with Gasteiger partial charge in [-0.05, 0) is 30.5 Å². The van der Waals surface area contributed by atoms with Gasteiger partial charge in [-0.2, -0.15) is 0 Å². The van der Waals surface area contributed by atoms with Crippen LogP contribution in [0, 0.1) is 0 Å². The first-order valence-corrected chi connectivity index (χ1v) is 5.76. The van der Waals surface area contributed by atoms with Gasteiger partial charge in [0.1, 0.15) is 0 Å². The second-order valence-corrected chi connectivity index (χ2v) is 4.03. The summed E-state index contributed by atoms with van der Waals surface area (Å²) in [6.07, 6.45) is 8.95. The Morgan fingerprint density at radius 3 is 2.59 bits per heavy atom. The molecule has 2 N–H and O–H groups in total. The molecule has 1 atom stereocenters. The summed E-state index contributed by atoms with van der Waals surface area (Å²) in [5, 5.41) is 0. The summed E-state index contributed by atoms with van der Waals surface area (Å²) in [4.78, 5) is 12.7. The lowest BCUT2D eigenvalue weighted by Gasteiger charge is -2.08. The van der Waals surface area contributed by atoms with Crippen molar-refractivity contribution < 1.29 is 0 Å². The molecule has 2 aromatic heterocycles. The highest BCUT2D eigenvalue weighted by molar-refractivity contribution is 5.52. The molecule has 2 rings (SSSR count). The number of nitrogens with two attached hydrogens (primary N) is 1. The fraction of sp³-hybridized carbons (Fsp3) is 0.308. The zero-order chi connectivity index (χ0) is 12.1. The highest BCUT2D eigenvalue weighted by Gasteiger charge is 2.04. The molecule has 17 heavy (non-hydrogen) atoms. The third kappa shape index (κ3) is 3.07. The predicted molar refractivity (Wildman–Crippen MR) is 67.2 cm³/mol. The maximum atomic E-state index is 5.89. The SMILES string of the molecule is CCC(N)Cc1cnc(-c2cccnc2)nc1. The average molecular weight is 228 g/mol. The zero-order valence-electron chi connectivity index (χ0n) is 9.87. The minimum absolute atomic E-state index is 0.183. The number of rotatable bonds is 4. The van der Waals surface area contributed by atoms with E-state index in [9.17, 15) is 0 Å². The number of hydrogen-bond acceptors (Lipinski definition) is 4. The van der Waals surface area contributed by atoms with Crippen molar-refractivity contribution >= 4 is 0 Å². The first-order chi connectivity index (χ1) is 8.29. The van der Waals surface area contributed by atoms with Gasteiger partial charge in [0.15, 0.2) is 5.82 Å². The van der Waals surface area contributed by atoms with E-state index in [0.717, 1.165) is 24.0 Å². The monoisotopic (exact) mass is 228 g/mol. The maximum Gasteiger partial charge on any atom is 0.160 e. The predicted octanol–water partition coefficient (Wildman–Crippen LogP) is 1.82. The summed E-state index contributed by atoms with van der Waals surface area (Å²) in [5.41, 5.74) is 7.89. The van der Waals surface area contributed by atoms with E-state index >= 15 is 0 Å². The molecule has 0 aliphatic heterocycles. The van der Waals surface area contributed by atoms with Gasteiger partial charge in [-0.15, -0.1) is 0 Å². The standard InChI is InChI=1S/C13H16N4/c1-2-12(14)6-10-7-16-13(17-8-10)11-4-3-5-15-9-11/h3-5,7-9,12H,2,6,14H2,1H3.